The van der Waals surface area contributed by atoms with Gasteiger partial charge in [-0.3, -0.25) is 9.59 Å². The molecule has 0 bridgehead atoms. The highest BCUT2D eigenvalue weighted by atomic mass is 16.6. The zero-order valence-corrected chi connectivity index (χ0v) is 26.8. The Morgan fingerprint density at radius 2 is 1.15 bits per heavy atom. The van der Waals surface area contributed by atoms with Gasteiger partial charge in [-0.25, -0.2) is 4.79 Å². The number of amides is 3. The van der Waals surface area contributed by atoms with Gasteiger partial charge in [0.05, 0.1) is 11.2 Å². The summed E-state index contributed by atoms with van der Waals surface area (Å²) in [7, 11) is 0. The van der Waals surface area contributed by atoms with E-state index < -0.39 is 17.7 Å². The molecule has 3 amide bonds. The van der Waals surface area contributed by atoms with Crippen molar-refractivity contribution in [2.45, 2.75) is 138 Å². The molecule has 0 fully saturated rings. The SMILES string of the molecule is CC(C)CCOC(C)(C)CCNC(=O)CC[C@H](NC(=O)OC(C)(C)C)C(=O)NCCC(C)(C)OCCC(C)C. The van der Waals surface area contributed by atoms with Crippen molar-refractivity contribution in [1.29, 1.82) is 0 Å². The predicted octanol–water partition coefficient (Wildman–Crippen LogP) is 5.36. The smallest absolute Gasteiger partial charge is 0.408 e. The Bertz CT molecular complexity index is 729. The van der Waals surface area contributed by atoms with Crippen LogP contribution in [0.5, 0.6) is 0 Å². The Morgan fingerprint density at radius 1 is 0.692 bits per heavy atom. The van der Waals surface area contributed by atoms with Gasteiger partial charge in [-0.1, -0.05) is 27.7 Å². The molecular weight excluding hydrogens is 498 g/mol. The van der Waals surface area contributed by atoms with Crippen LogP contribution in [0.1, 0.15) is 115 Å². The predicted molar refractivity (Wildman–Crippen MR) is 157 cm³/mol. The standard InChI is InChI=1S/C30H59N3O6/c1-22(2)14-20-37-29(8,9)16-18-31-25(34)13-12-24(33-27(36)39-28(5,6)7)26(35)32-19-17-30(10,11)38-21-15-23(3)4/h22-24H,12-21H2,1-11H3,(H,31,34)(H,32,35)(H,33,36)/t24-/m0/s1. The van der Waals surface area contributed by atoms with E-state index >= 15 is 0 Å². The molecule has 0 aliphatic rings. The van der Waals surface area contributed by atoms with Crippen LogP contribution in [0.4, 0.5) is 4.79 Å². The fraction of sp³-hybridized carbons (Fsp3) is 0.900. The number of hydrogen-bond acceptors (Lipinski definition) is 6. The summed E-state index contributed by atoms with van der Waals surface area (Å²) in [6.45, 7) is 24.1. The molecule has 230 valence electrons. The Kier molecular flexibility index (Phi) is 16.9. The maximum absolute atomic E-state index is 13.0. The van der Waals surface area contributed by atoms with Gasteiger partial charge in [0.25, 0.3) is 0 Å². The molecule has 0 spiro atoms. The van der Waals surface area contributed by atoms with Crippen molar-refractivity contribution in [2.24, 2.45) is 11.8 Å². The Morgan fingerprint density at radius 3 is 1.59 bits per heavy atom. The third-order valence-corrected chi connectivity index (χ3v) is 6.12. The van der Waals surface area contributed by atoms with Crippen molar-refractivity contribution >= 4 is 17.9 Å². The second-order valence-electron chi connectivity index (χ2n) is 13.5. The molecule has 0 unspecified atom stereocenters. The second-order valence-corrected chi connectivity index (χ2v) is 13.5. The van der Waals surface area contributed by atoms with Crippen molar-refractivity contribution in [2.75, 3.05) is 26.3 Å². The van der Waals surface area contributed by atoms with Gasteiger partial charge in [-0.05, 0) is 92.4 Å². The normalized spacial score (nSPS) is 13.4. The van der Waals surface area contributed by atoms with Crippen molar-refractivity contribution in [3.8, 4) is 0 Å². The van der Waals surface area contributed by atoms with Gasteiger partial charge >= 0.3 is 6.09 Å². The van der Waals surface area contributed by atoms with Gasteiger partial charge < -0.3 is 30.2 Å². The fourth-order valence-corrected chi connectivity index (χ4v) is 3.48. The van der Waals surface area contributed by atoms with Crippen LogP contribution in [0.3, 0.4) is 0 Å². The van der Waals surface area contributed by atoms with Gasteiger partial charge in [0.15, 0.2) is 0 Å². The van der Waals surface area contributed by atoms with E-state index in [1.807, 2.05) is 27.7 Å². The lowest BCUT2D eigenvalue weighted by atomic mass is 10.0. The minimum atomic E-state index is -0.897. The molecule has 0 saturated heterocycles. The number of nitrogens with one attached hydrogen (secondary N) is 3. The molecule has 0 aromatic rings. The molecule has 0 aliphatic carbocycles. The summed E-state index contributed by atoms with van der Waals surface area (Å²) >= 11 is 0. The van der Waals surface area contributed by atoms with Crippen LogP contribution < -0.4 is 16.0 Å². The third-order valence-electron chi connectivity index (χ3n) is 6.12. The number of hydrogen-bond donors (Lipinski definition) is 3. The van der Waals surface area contributed by atoms with Crippen molar-refractivity contribution in [3.05, 3.63) is 0 Å². The molecule has 0 radical (unpaired) electrons. The van der Waals surface area contributed by atoms with Crippen molar-refractivity contribution < 1.29 is 28.6 Å². The maximum Gasteiger partial charge on any atom is 0.408 e. The van der Waals surface area contributed by atoms with E-state index in [9.17, 15) is 14.4 Å². The number of rotatable bonds is 19. The van der Waals surface area contributed by atoms with E-state index in [1.54, 1.807) is 20.8 Å². The summed E-state index contributed by atoms with van der Waals surface area (Å²) in [6, 6.07) is -0.897. The minimum Gasteiger partial charge on any atom is -0.444 e. The molecule has 3 N–H and O–H groups in total. The zero-order chi connectivity index (χ0) is 30.3. The van der Waals surface area contributed by atoms with Gasteiger partial charge in [-0.15, -0.1) is 0 Å². The van der Waals surface area contributed by atoms with Gasteiger partial charge in [0, 0.05) is 32.7 Å². The molecule has 0 saturated carbocycles. The monoisotopic (exact) mass is 557 g/mol. The molecule has 0 rings (SSSR count). The maximum atomic E-state index is 13.0. The van der Waals surface area contributed by atoms with Gasteiger partial charge in [-0.2, -0.15) is 0 Å². The summed E-state index contributed by atoms with van der Waals surface area (Å²) in [4.78, 5) is 37.9. The summed E-state index contributed by atoms with van der Waals surface area (Å²) in [6.07, 6.45) is 2.80. The molecule has 0 heterocycles. The second kappa shape index (κ2) is 17.7. The quantitative estimate of drug-likeness (QED) is 0.197. The van der Waals surface area contributed by atoms with Crippen LogP contribution in [-0.4, -0.2) is 67.1 Å². The van der Waals surface area contributed by atoms with Crippen LogP contribution in [0.2, 0.25) is 0 Å². The van der Waals surface area contributed by atoms with Gasteiger partial charge in [0.1, 0.15) is 11.6 Å². The number of carbonyl (C=O) groups is 3. The highest BCUT2D eigenvalue weighted by Gasteiger charge is 2.26. The van der Waals surface area contributed by atoms with Crippen molar-refractivity contribution in [1.82, 2.24) is 16.0 Å². The lowest BCUT2D eigenvalue weighted by Gasteiger charge is -2.27. The van der Waals surface area contributed by atoms with Crippen LogP contribution >= 0.6 is 0 Å². The average Bonchev–Trinajstić information content (AvgIpc) is 2.74. The van der Waals surface area contributed by atoms with E-state index in [2.05, 4.69) is 43.6 Å². The van der Waals surface area contributed by atoms with Crippen LogP contribution in [-0.2, 0) is 23.8 Å². The summed E-state index contributed by atoms with van der Waals surface area (Å²) in [5.41, 5.74) is -1.43. The first-order valence-electron chi connectivity index (χ1n) is 14.6. The summed E-state index contributed by atoms with van der Waals surface area (Å²) in [5, 5.41) is 8.42. The van der Waals surface area contributed by atoms with Crippen molar-refractivity contribution in [3.63, 3.8) is 0 Å². The first kappa shape index (κ1) is 37.1. The molecule has 0 aliphatic heterocycles. The van der Waals surface area contributed by atoms with E-state index in [1.165, 1.54) is 0 Å². The molecule has 9 nitrogen and oxygen atoms in total. The Labute approximate surface area is 238 Å². The summed E-state index contributed by atoms with van der Waals surface area (Å²) < 4.78 is 17.3. The zero-order valence-electron chi connectivity index (χ0n) is 26.8. The third kappa shape index (κ3) is 21.6. The van der Waals surface area contributed by atoms with E-state index in [4.69, 9.17) is 14.2 Å². The highest BCUT2D eigenvalue weighted by molar-refractivity contribution is 5.86. The number of ether oxygens (including phenoxy) is 3. The Balaban J connectivity index is 4.84. The van der Waals surface area contributed by atoms with E-state index in [-0.39, 0.29) is 35.9 Å². The molecule has 0 aromatic carbocycles. The average molecular weight is 558 g/mol. The van der Waals surface area contributed by atoms with Crippen LogP contribution in [0.25, 0.3) is 0 Å². The Hall–Kier alpha value is -1.87. The summed E-state index contributed by atoms with van der Waals surface area (Å²) in [5.74, 6) is 0.601. The van der Waals surface area contributed by atoms with Crippen LogP contribution in [0.15, 0.2) is 0 Å². The van der Waals surface area contributed by atoms with Gasteiger partial charge in [0.2, 0.25) is 11.8 Å². The molecule has 0 aromatic heterocycles. The largest absolute Gasteiger partial charge is 0.444 e. The molecule has 1 atom stereocenters. The van der Waals surface area contributed by atoms with E-state index in [0.29, 0.717) is 51.0 Å². The highest BCUT2D eigenvalue weighted by Crippen LogP contribution is 2.17. The first-order chi connectivity index (χ1) is 17.8. The molecule has 39 heavy (non-hydrogen) atoms. The molecule has 9 heteroatoms. The van der Waals surface area contributed by atoms with E-state index in [0.717, 1.165) is 12.8 Å². The minimum absolute atomic E-state index is 0.0896. The lowest BCUT2D eigenvalue weighted by Crippen LogP contribution is -2.49. The lowest BCUT2D eigenvalue weighted by molar-refractivity contribution is -0.124. The molecular formula is C30H59N3O6. The number of alkyl carbamates (subject to hydrolysis) is 1. The first-order valence-corrected chi connectivity index (χ1v) is 14.6. The number of carbonyl (C=O) groups excluding carboxylic acids is 3. The topological polar surface area (TPSA) is 115 Å². The fourth-order valence-electron chi connectivity index (χ4n) is 3.48. The van der Waals surface area contributed by atoms with Crippen LogP contribution in [0, 0.1) is 11.8 Å².